The van der Waals surface area contributed by atoms with Crippen LogP contribution in [0.15, 0.2) is 72.8 Å². The van der Waals surface area contributed by atoms with E-state index in [2.05, 4.69) is 12.1 Å². The van der Waals surface area contributed by atoms with Gasteiger partial charge >= 0.3 is 5.97 Å². The second-order valence-electron chi connectivity index (χ2n) is 6.79. The Morgan fingerprint density at radius 2 is 1.68 bits per heavy atom. The number of benzene rings is 3. The lowest BCUT2D eigenvalue weighted by Crippen LogP contribution is -2.08. The van der Waals surface area contributed by atoms with E-state index in [-0.39, 0.29) is 5.97 Å². The Morgan fingerprint density at radius 1 is 0.929 bits per heavy atom. The van der Waals surface area contributed by atoms with Crippen LogP contribution in [0, 0.1) is 5.92 Å². The lowest BCUT2D eigenvalue weighted by atomic mass is 10.1. The average molecular weight is 413 g/mol. The Kier molecular flexibility index (Phi) is 5.56. The maximum Gasteiger partial charge on any atom is 0.338 e. The predicted molar refractivity (Wildman–Crippen MR) is 111 cm³/mol. The van der Waals surface area contributed by atoms with Crippen molar-refractivity contribution in [3.05, 3.63) is 94.0 Å². The topological polar surface area (TPSA) is 35.5 Å². The first-order valence-corrected chi connectivity index (χ1v) is 9.81. The Balaban J connectivity index is 1.31. The van der Waals surface area contributed by atoms with Crippen LogP contribution in [0.3, 0.4) is 0 Å². The van der Waals surface area contributed by atoms with Crippen LogP contribution in [-0.4, -0.2) is 12.6 Å². The molecule has 2 atom stereocenters. The summed E-state index contributed by atoms with van der Waals surface area (Å²) < 4.78 is 11.2. The van der Waals surface area contributed by atoms with Crippen molar-refractivity contribution in [2.24, 2.45) is 5.92 Å². The monoisotopic (exact) mass is 412 g/mol. The van der Waals surface area contributed by atoms with E-state index in [1.54, 1.807) is 42.5 Å². The summed E-state index contributed by atoms with van der Waals surface area (Å²) in [5.74, 6) is 1.59. The summed E-state index contributed by atoms with van der Waals surface area (Å²) in [6, 6.07) is 22.3. The van der Waals surface area contributed by atoms with Crippen LogP contribution < -0.4 is 4.74 Å². The van der Waals surface area contributed by atoms with Crippen molar-refractivity contribution in [2.45, 2.75) is 12.3 Å². The molecule has 1 aliphatic rings. The third kappa shape index (κ3) is 4.32. The second kappa shape index (κ2) is 8.26. The van der Waals surface area contributed by atoms with Gasteiger partial charge in [0.2, 0.25) is 0 Å². The number of halogens is 2. The number of carbonyl (C=O) groups is 1. The van der Waals surface area contributed by atoms with Gasteiger partial charge in [-0.05, 0) is 54.3 Å². The minimum absolute atomic E-state index is 0.328. The molecule has 1 saturated carbocycles. The molecule has 1 fully saturated rings. The average Bonchev–Trinajstić information content (AvgIpc) is 3.51. The quantitative estimate of drug-likeness (QED) is 0.420. The van der Waals surface area contributed by atoms with E-state index in [1.807, 2.05) is 18.2 Å². The highest BCUT2D eigenvalue weighted by molar-refractivity contribution is 6.42. The number of hydrogen-bond donors (Lipinski definition) is 0. The third-order valence-corrected chi connectivity index (χ3v) is 5.61. The molecule has 0 heterocycles. The summed E-state index contributed by atoms with van der Waals surface area (Å²) in [5, 5.41) is 0.776. The Hall–Kier alpha value is -2.49. The van der Waals surface area contributed by atoms with Gasteiger partial charge in [0.15, 0.2) is 0 Å². The maximum absolute atomic E-state index is 12.3. The fraction of sp³-hybridized carbons (Fsp3) is 0.174. The van der Waals surface area contributed by atoms with Crippen LogP contribution >= 0.6 is 23.2 Å². The predicted octanol–water partition coefficient (Wildman–Crippen LogP) is 6.75. The van der Waals surface area contributed by atoms with Crippen molar-refractivity contribution in [3.63, 3.8) is 0 Å². The molecule has 0 amide bonds. The van der Waals surface area contributed by atoms with Crippen molar-refractivity contribution in [3.8, 4) is 11.5 Å². The molecule has 2 unspecified atom stereocenters. The molecule has 142 valence electrons. The maximum atomic E-state index is 12.3. The highest BCUT2D eigenvalue weighted by Gasteiger charge is 2.39. The van der Waals surface area contributed by atoms with Gasteiger partial charge in [-0.25, -0.2) is 4.79 Å². The molecule has 0 aliphatic heterocycles. The lowest BCUT2D eigenvalue weighted by molar-refractivity contribution is 0.0484. The minimum atomic E-state index is -0.328. The minimum Gasteiger partial charge on any atom is -0.462 e. The van der Waals surface area contributed by atoms with Crippen molar-refractivity contribution in [1.82, 2.24) is 0 Å². The van der Waals surface area contributed by atoms with Gasteiger partial charge in [0.25, 0.3) is 0 Å². The molecule has 3 aromatic rings. The van der Waals surface area contributed by atoms with Crippen LogP contribution in [0.25, 0.3) is 0 Å². The van der Waals surface area contributed by atoms with Gasteiger partial charge in [-0.1, -0.05) is 59.6 Å². The van der Waals surface area contributed by atoms with Gasteiger partial charge in [-0.2, -0.15) is 0 Å². The van der Waals surface area contributed by atoms with E-state index in [1.165, 1.54) is 5.56 Å². The number of ether oxygens (including phenoxy) is 2. The lowest BCUT2D eigenvalue weighted by Gasteiger charge is -2.09. The molecule has 0 radical (unpaired) electrons. The molecule has 0 bridgehead atoms. The second-order valence-corrected chi connectivity index (χ2v) is 7.57. The highest BCUT2D eigenvalue weighted by Crippen LogP contribution is 2.47. The first-order chi connectivity index (χ1) is 13.6. The van der Waals surface area contributed by atoms with Crippen LogP contribution in [0.2, 0.25) is 10.0 Å². The standard InChI is InChI=1S/C23H18Cl2O3/c24-20-7-4-8-21(22(20)25)28-18-11-9-16(10-12-18)23(26)27-14-17-13-19(17)15-5-2-1-3-6-15/h1-12,17,19H,13-14H2. The number of hydrogen-bond acceptors (Lipinski definition) is 3. The molecule has 0 saturated heterocycles. The Bertz CT molecular complexity index is 971. The zero-order valence-electron chi connectivity index (χ0n) is 15.0. The molecule has 0 N–H and O–H groups in total. The molecule has 1 aliphatic carbocycles. The van der Waals surface area contributed by atoms with E-state index < -0.39 is 0 Å². The van der Waals surface area contributed by atoms with E-state index >= 15 is 0 Å². The first-order valence-electron chi connectivity index (χ1n) is 9.06. The highest BCUT2D eigenvalue weighted by atomic mass is 35.5. The zero-order chi connectivity index (χ0) is 19.5. The van der Waals surface area contributed by atoms with Gasteiger partial charge in [-0.15, -0.1) is 0 Å². The van der Waals surface area contributed by atoms with Gasteiger partial charge in [0.1, 0.15) is 16.5 Å². The molecule has 28 heavy (non-hydrogen) atoms. The van der Waals surface area contributed by atoms with Crippen molar-refractivity contribution >= 4 is 29.2 Å². The molecule has 3 aromatic carbocycles. The van der Waals surface area contributed by atoms with Crippen LogP contribution in [0.4, 0.5) is 0 Å². The third-order valence-electron chi connectivity index (χ3n) is 4.81. The van der Waals surface area contributed by atoms with Crippen molar-refractivity contribution in [2.75, 3.05) is 6.61 Å². The molecular formula is C23H18Cl2O3. The summed E-state index contributed by atoms with van der Waals surface area (Å²) in [4.78, 5) is 12.3. The van der Waals surface area contributed by atoms with E-state index in [0.29, 0.717) is 45.6 Å². The smallest absolute Gasteiger partial charge is 0.338 e. The summed E-state index contributed by atoms with van der Waals surface area (Å²) in [6.07, 6.45) is 1.06. The largest absolute Gasteiger partial charge is 0.462 e. The SMILES string of the molecule is O=C(OCC1CC1c1ccccc1)c1ccc(Oc2cccc(Cl)c2Cl)cc1. The number of carbonyl (C=O) groups excluding carboxylic acids is 1. The Labute approximate surface area is 173 Å². The fourth-order valence-electron chi connectivity index (χ4n) is 3.16. The van der Waals surface area contributed by atoms with Crippen LogP contribution in [-0.2, 0) is 4.74 Å². The van der Waals surface area contributed by atoms with E-state index in [9.17, 15) is 4.79 Å². The number of esters is 1. The van der Waals surface area contributed by atoms with Crippen LogP contribution in [0.1, 0.15) is 28.3 Å². The summed E-state index contributed by atoms with van der Waals surface area (Å²) >= 11 is 12.1. The van der Waals surface area contributed by atoms with Gasteiger partial charge in [0.05, 0.1) is 17.2 Å². The molecule has 0 aromatic heterocycles. The molecule has 0 spiro atoms. The molecule has 5 heteroatoms. The summed E-state index contributed by atoms with van der Waals surface area (Å²) in [6.45, 7) is 0.439. The zero-order valence-corrected chi connectivity index (χ0v) is 16.5. The van der Waals surface area contributed by atoms with Crippen molar-refractivity contribution in [1.29, 1.82) is 0 Å². The number of rotatable bonds is 6. The molecule has 4 rings (SSSR count). The van der Waals surface area contributed by atoms with Crippen LogP contribution in [0.5, 0.6) is 11.5 Å². The van der Waals surface area contributed by atoms with Gasteiger partial charge in [0, 0.05) is 5.92 Å². The van der Waals surface area contributed by atoms with E-state index in [4.69, 9.17) is 32.7 Å². The first kappa shape index (κ1) is 18.9. The molecular weight excluding hydrogens is 395 g/mol. The molecule has 3 nitrogen and oxygen atoms in total. The van der Waals surface area contributed by atoms with Gasteiger partial charge < -0.3 is 9.47 Å². The van der Waals surface area contributed by atoms with Crippen molar-refractivity contribution < 1.29 is 14.3 Å². The fourth-order valence-corrected chi connectivity index (χ4v) is 3.49. The van der Waals surface area contributed by atoms with E-state index in [0.717, 1.165) is 6.42 Å². The van der Waals surface area contributed by atoms with Gasteiger partial charge in [-0.3, -0.25) is 0 Å². The normalized spacial score (nSPS) is 17.8. The Morgan fingerprint density at radius 3 is 2.43 bits per heavy atom. The summed E-state index contributed by atoms with van der Waals surface area (Å²) in [7, 11) is 0. The summed E-state index contributed by atoms with van der Waals surface area (Å²) in [5.41, 5.74) is 1.80.